The van der Waals surface area contributed by atoms with Crippen LogP contribution in [0.1, 0.15) is 57.8 Å². The standard InChI is InChI=1S/C18H37N3O3S/c19-10-5-1-2-6-17-25(22,23)21(18-8-3-4-9-18)12-7-11-20-13-15-24-16-14-20/h18H,1-17,19H2. The van der Waals surface area contributed by atoms with E-state index < -0.39 is 10.0 Å². The molecular weight excluding hydrogens is 338 g/mol. The minimum atomic E-state index is -3.14. The molecule has 1 saturated carbocycles. The first-order chi connectivity index (χ1) is 12.1. The van der Waals surface area contributed by atoms with Gasteiger partial charge >= 0.3 is 0 Å². The normalized spacial score (nSPS) is 20.6. The van der Waals surface area contributed by atoms with Crippen molar-refractivity contribution in [2.24, 2.45) is 5.73 Å². The van der Waals surface area contributed by atoms with Gasteiger partial charge in [-0.15, -0.1) is 0 Å². The van der Waals surface area contributed by atoms with Gasteiger partial charge in [0, 0.05) is 25.7 Å². The van der Waals surface area contributed by atoms with Crippen molar-refractivity contribution in [1.82, 2.24) is 9.21 Å². The summed E-state index contributed by atoms with van der Waals surface area (Å²) in [6.45, 7) is 5.88. The summed E-state index contributed by atoms with van der Waals surface area (Å²) in [6.07, 6.45) is 9.06. The fourth-order valence-corrected chi connectivity index (χ4v) is 5.79. The van der Waals surface area contributed by atoms with Crippen LogP contribution in [0.15, 0.2) is 0 Å². The highest BCUT2D eigenvalue weighted by Crippen LogP contribution is 2.26. The molecule has 2 aliphatic rings. The van der Waals surface area contributed by atoms with Crippen molar-refractivity contribution >= 4 is 10.0 Å². The van der Waals surface area contributed by atoms with Crippen LogP contribution in [0.2, 0.25) is 0 Å². The van der Waals surface area contributed by atoms with Gasteiger partial charge in [0.05, 0.1) is 19.0 Å². The molecule has 0 aromatic carbocycles. The molecule has 7 heteroatoms. The third-order valence-corrected chi connectivity index (χ3v) is 7.40. The van der Waals surface area contributed by atoms with Crippen LogP contribution in [0.5, 0.6) is 0 Å². The summed E-state index contributed by atoms with van der Waals surface area (Å²) in [7, 11) is -3.14. The molecule has 2 fully saturated rings. The Morgan fingerprint density at radius 3 is 2.36 bits per heavy atom. The maximum Gasteiger partial charge on any atom is 0.214 e. The Labute approximate surface area is 154 Å². The van der Waals surface area contributed by atoms with Crippen molar-refractivity contribution in [1.29, 1.82) is 0 Å². The molecule has 0 atom stereocenters. The van der Waals surface area contributed by atoms with Gasteiger partial charge in [0.2, 0.25) is 10.0 Å². The van der Waals surface area contributed by atoms with Crippen molar-refractivity contribution in [2.75, 3.05) is 51.7 Å². The molecule has 0 spiro atoms. The summed E-state index contributed by atoms with van der Waals surface area (Å²) in [6, 6.07) is 0.235. The second-order valence-corrected chi connectivity index (χ2v) is 9.42. The minimum Gasteiger partial charge on any atom is -0.379 e. The van der Waals surface area contributed by atoms with Crippen LogP contribution < -0.4 is 5.73 Å². The van der Waals surface area contributed by atoms with Crippen molar-refractivity contribution in [3.63, 3.8) is 0 Å². The van der Waals surface area contributed by atoms with E-state index in [1.807, 2.05) is 4.31 Å². The van der Waals surface area contributed by atoms with Gasteiger partial charge < -0.3 is 10.5 Å². The quantitative estimate of drug-likeness (QED) is 0.527. The highest BCUT2D eigenvalue weighted by molar-refractivity contribution is 7.89. The van der Waals surface area contributed by atoms with Gasteiger partial charge in [-0.3, -0.25) is 4.90 Å². The third-order valence-electron chi connectivity index (χ3n) is 5.40. The van der Waals surface area contributed by atoms with Gasteiger partial charge in [0.15, 0.2) is 0 Å². The molecule has 0 radical (unpaired) electrons. The van der Waals surface area contributed by atoms with E-state index in [1.54, 1.807) is 0 Å². The molecule has 0 bridgehead atoms. The van der Waals surface area contributed by atoms with Crippen LogP contribution in [-0.2, 0) is 14.8 Å². The summed E-state index contributed by atoms with van der Waals surface area (Å²) in [5, 5.41) is 0. The summed E-state index contributed by atoms with van der Waals surface area (Å²) in [5.41, 5.74) is 5.51. The van der Waals surface area contributed by atoms with Gasteiger partial charge in [-0.05, 0) is 45.2 Å². The van der Waals surface area contributed by atoms with E-state index in [0.29, 0.717) is 18.8 Å². The van der Waals surface area contributed by atoms with Gasteiger partial charge in [0.1, 0.15) is 0 Å². The Balaban J connectivity index is 1.81. The maximum absolute atomic E-state index is 12.9. The molecule has 1 aliphatic carbocycles. The number of rotatable bonds is 12. The lowest BCUT2D eigenvalue weighted by molar-refractivity contribution is 0.0366. The first-order valence-electron chi connectivity index (χ1n) is 10.1. The van der Waals surface area contributed by atoms with E-state index in [1.165, 1.54) is 0 Å². The Kier molecular flexibility index (Phi) is 9.70. The second kappa shape index (κ2) is 11.5. The first kappa shape index (κ1) is 21.1. The average Bonchev–Trinajstić information content (AvgIpc) is 3.13. The fourth-order valence-electron chi connectivity index (χ4n) is 3.92. The number of unbranched alkanes of at least 4 members (excludes halogenated alkanes) is 3. The lowest BCUT2D eigenvalue weighted by Gasteiger charge is -2.30. The number of nitrogens with zero attached hydrogens (tertiary/aromatic N) is 2. The number of hydrogen-bond acceptors (Lipinski definition) is 5. The predicted octanol–water partition coefficient (Wildman–Crippen LogP) is 1.80. The lowest BCUT2D eigenvalue weighted by atomic mass is 10.2. The highest BCUT2D eigenvalue weighted by Gasteiger charge is 2.31. The molecule has 148 valence electrons. The molecule has 1 saturated heterocycles. The Bertz CT molecular complexity index is 446. The Morgan fingerprint density at radius 1 is 1.00 bits per heavy atom. The van der Waals surface area contributed by atoms with E-state index in [-0.39, 0.29) is 6.04 Å². The molecule has 25 heavy (non-hydrogen) atoms. The van der Waals surface area contributed by atoms with Crippen molar-refractivity contribution in [2.45, 2.75) is 63.8 Å². The lowest BCUT2D eigenvalue weighted by Crippen LogP contribution is -2.43. The molecule has 0 aromatic rings. The molecular formula is C18H37N3O3S. The zero-order valence-electron chi connectivity index (χ0n) is 15.7. The van der Waals surface area contributed by atoms with Crippen molar-refractivity contribution in [3.05, 3.63) is 0 Å². The molecule has 6 nitrogen and oxygen atoms in total. The van der Waals surface area contributed by atoms with Crippen LogP contribution in [-0.4, -0.2) is 75.4 Å². The number of ether oxygens (including phenoxy) is 1. The average molecular weight is 376 g/mol. The van der Waals surface area contributed by atoms with E-state index in [0.717, 1.165) is 90.6 Å². The van der Waals surface area contributed by atoms with Gasteiger partial charge in [-0.1, -0.05) is 25.7 Å². The van der Waals surface area contributed by atoms with E-state index in [2.05, 4.69) is 4.90 Å². The summed E-state index contributed by atoms with van der Waals surface area (Å²) in [5.74, 6) is 0.297. The van der Waals surface area contributed by atoms with E-state index >= 15 is 0 Å². The van der Waals surface area contributed by atoms with Crippen LogP contribution in [0, 0.1) is 0 Å². The van der Waals surface area contributed by atoms with Crippen LogP contribution in [0.4, 0.5) is 0 Å². The molecule has 2 N–H and O–H groups in total. The fraction of sp³-hybridized carbons (Fsp3) is 1.00. The van der Waals surface area contributed by atoms with E-state index in [9.17, 15) is 8.42 Å². The summed E-state index contributed by atoms with van der Waals surface area (Å²) in [4.78, 5) is 2.38. The number of morpholine rings is 1. The molecule has 0 unspecified atom stereocenters. The number of sulfonamides is 1. The zero-order valence-corrected chi connectivity index (χ0v) is 16.5. The van der Waals surface area contributed by atoms with Crippen LogP contribution >= 0.6 is 0 Å². The van der Waals surface area contributed by atoms with Crippen molar-refractivity contribution < 1.29 is 13.2 Å². The Morgan fingerprint density at radius 2 is 1.68 bits per heavy atom. The van der Waals surface area contributed by atoms with Gasteiger partial charge in [-0.2, -0.15) is 4.31 Å². The largest absolute Gasteiger partial charge is 0.379 e. The van der Waals surface area contributed by atoms with Gasteiger partial charge in [-0.25, -0.2) is 8.42 Å². The number of hydrogen-bond donors (Lipinski definition) is 1. The minimum absolute atomic E-state index is 0.235. The molecule has 0 amide bonds. The first-order valence-corrected chi connectivity index (χ1v) is 11.7. The molecule has 1 aliphatic heterocycles. The Hall–Kier alpha value is -0.210. The monoisotopic (exact) mass is 375 g/mol. The molecule has 0 aromatic heterocycles. The predicted molar refractivity (Wildman–Crippen MR) is 102 cm³/mol. The van der Waals surface area contributed by atoms with E-state index in [4.69, 9.17) is 10.5 Å². The van der Waals surface area contributed by atoms with Crippen molar-refractivity contribution in [3.8, 4) is 0 Å². The summed E-state index contributed by atoms with van der Waals surface area (Å²) >= 11 is 0. The third kappa shape index (κ3) is 7.51. The zero-order chi connectivity index (χ0) is 18.0. The SMILES string of the molecule is NCCCCCCS(=O)(=O)N(CCCN1CCOCC1)C1CCCC1. The summed E-state index contributed by atoms with van der Waals surface area (Å²) < 4.78 is 33.0. The van der Waals surface area contributed by atoms with Crippen LogP contribution in [0.25, 0.3) is 0 Å². The smallest absolute Gasteiger partial charge is 0.214 e. The molecule has 2 rings (SSSR count). The topological polar surface area (TPSA) is 75.9 Å². The molecule has 1 heterocycles. The second-order valence-electron chi connectivity index (χ2n) is 7.38. The van der Waals surface area contributed by atoms with Gasteiger partial charge in [0.25, 0.3) is 0 Å². The number of nitrogens with two attached hydrogens (primary N) is 1. The highest BCUT2D eigenvalue weighted by atomic mass is 32.2. The van der Waals surface area contributed by atoms with Crippen LogP contribution in [0.3, 0.4) is 0 Å². The maximum atomic E-state index is 12.9.